The Morgan fingerprint density at radius 3 is 2.69 bits per heavy atom. The van der Waals surface area contributed by atoms with Crippen LogP contribution in [0.2, 0.25) is 5.02 Å². The van der Waals surface area contributed by atoms with Gasteiger partial charge in [-0.25, -0.2) is 4.98 Å². The highest BCUT2D eigenvalue weighted by molar-refractivity contribution is 7.99. The molecule has 1 amide bonds. The molecule has 0 atom stereocenters. The Bertz CT molecular complexity index is 1100. The number of nitrogens with zero attached hydrogens (tertiary/aromatic N) is 4. The number of hydrogen-bond donors (Lipinski definition) is 1. The molecule has 10 heteroatoms. The van der Waals surface area contributed by atoms with Crippen molar-refractivity contribution in [2.75, 3.05) is 5.75 Å². The van der Waals surface area contributed by atoms with Crippen molar-refractivity contribution in [2.45, 2.75) is 11.8 Å². The summed E-state index contributed by atoms with van der Waals surface area (Å²) in [4.78, 5) is 20.6. The van der Waals surface area contributed by atoms with E-state index < -0.39 is 0 Å². The van der Waals surface area contributed by atoms with Gasteiger partial charge in [0.15, 0.2) is 0 Å². The predicted molar refractivity (Wildman–Crippen MR) is 113 cm³/mol. The molecule has 0 aliphatic carbocycles. The van der Waals surface area contributed by atoms with E-state index in [0.717, 1.165) is 21.8 Å². The molecule has 0 saturated carbocycles. The molecule has 3 aromatic heterocycles. The Labute approximate surface area is 179 Å². The lowest BCUT2D eigenvalue weighted by molar-refractivity contribution is -0.118. The molecular weight excluding hydrogens is 430 g/mol. The van der Waals surface area contributed by atoms with E-state index in [0.29, 0.717) is 22.7 Å². The number of carbonyl (C=O) groups excluding carboxylic acids is 1. The van der Waals surface area contributed by atoms with Crippen molar-refractivity contribution in [3.63, 3.8) is 0 Å². The van der Waals surface area contributed by atoms with Gasteiger partial charge in [-0.1, -0.05) is 23.4 Å². The maximum absolute atomic E-state index is 12.1. The summed E-state index contributed by atoms with van der Waals surface area (Å²) in [6, 6.07) is 10.9. The van der Waals surface area contributed by atoms with Crippen LogP contribution in [0.3, 0.4) is 0 Å². The highest BCUT2D eigenvalue weighted by atomic mass is 35.5. The Kier molecular flexibility index (Phi) is 6.18. The molecule has 1 N–H and O–H groups in total. The number of rotatable bonds is 7. The number of carbonyl (C=O) groups is 1. The lowest BCUT2D eigenvalue weighted by Crippen LogP contribution is -2.24. The number of thiazole rings is 1. The zero-order valence-corrected chi connectivity index (χ0v) is 17.3. The summed E-state index contributed by atoms with van der Waals surface area (Å²) in [5, 5.41) is 14.6. The fourth-order valence-corrected chi connectivity index (χ4v) is 3.84. The molecule has 0 fully saturated rings. The summed E-state index contributed by atoms with van der Waals surface area (Å²) in [6.07, 6.45) is 3.45. The summed E-state index contributed by atoms with van der Waals surface area (Å²) in [5.74, 6) is 0.420. The predicted octanol–water partition coefficient (Wildman–Crippen LogP) is 4.32. The summed E-state index contributed by atoms with van der Waals surface area (Å²) in [7, 11) is 0. The van der Waals surface area contributed by atoms with Crippen molar-refractivity contribution in [3.05, 3.63) is 64.2 Å². The first-order valence-electron chi connectivity index (χ1n) is 8.51. The molecule has 1 aromatic carbocycles. The average Bonchev–Trinajstić information content (AvgIpc) is 3.42. The molecule has 0 bridgehead atoms. The molecule has 7 nitrogen and oxygen atoms in total. The lowest BCUT2D eigenvalue weighted by atomic mass is 10.2. The van der Waals surface area contributed by atoms with Crippen molar-refractivity contribution in [2.24, 2.45) is 0 Å². The molecule has 146 valence electrons. The first-order chi connectivity index (χ1) is 14.2. The second-order valence-electron chi connectivity index (χ2n) is 5.81. The molecule has 3 heterocycles. The third kappa shape index (κ3) is 5.20. The monoisotopic (exact) mass is 443 g/mol. The molecule has 0 spiro atoms. The van der Waals surface area contributed by atoms with Gasteiger partial charge < -0.3 is 9.73 Å². The number of amides is 1. The van der Waals surface area contributed by atoms with Gasteiger partial charge >= 0.3 is 0 Å². The Hall–Kier alpha value is -2.75. The standard InChI is InChI=1S/C19H14ClN5O2S2/c20-14-3-1-13(2-4-14)18-24-25-19(27-18)29-11-16(26)22-9-17-23-15(10-28-17)12-5-7-21-8-6-12/h1-8,10H,9,11H2,(H,22,26). The summed E-state index contributed by atoms with van der Waals surface area (Å²) in [6.45, 7) is 0.370. The van der Waals surface area contributed by atoms with Gasteiger partial charge in [-0.3, -0.25) is 9.78 Å². The maximum Gasteiger partial charge on any atom is 0.277 e. The van der Waals surface area contributed by atoms with Crippen molar-refractivity contribution in [1.82, 2.24) is 25.5 Å². The van der Waals surface area contributed by atoms with Crippen LogP contribution < -0.4 is 5.32 Å². The van der Waals surface area contributed by atoms with E-state index in [4.69, 9.17) is 16.0 Å². The van der Waals surface area contributed by atoms with Crippen LogP contribution in [0.1, 0.15) is 5.01 Å². The zero-order chi connectivity index (χ0) is 20.1. The van der Waals surface area contributed by atoms with Gasteiger partial charge in [0.2, 0.25) is 11.8 Å². The first-order valence-corrected chi connectivity index (χ1v) is 10.8. The van der Waals surface area contributed by atoms with E-state index in [1.54, 1.807) is 36.7 Å². The highest BCUT2D eigenvalue weighted by Gasteiger charge is 2.12. The quantitative estimate of drug-likeness (QED) is 0.425. The molecule has 0 radical (unpaired) electrons. The Morgan fingerprint density at radius 2 is 1.90 bits per heavy atom. The Balaban J connectivity index is 1.27. The Morgan fingerprint density at radius 1 is 1.10 bits per heavy atom. The number of pyridine rings is 1. The molecule has 4 aromatic rings. The third-order valence-electron chi connectivity index (χ3n) is 3.79. The van der Waals surface area contributed by atoms with Crippen molar-refractivity contribution >= 4 is 40.6 Å². The van der Waals surface area contributed by atoms with E-state index in [1.807, 2.05) is 17.5 Å². The van der Waals surface area contributed by atoms with Gasteiger partial charge in [-0.2, -0.15) is 0 Å². The van der Waals surface area contributed by atoms with Gasteiger partial charge in [0.25, 0.3) is 5.22 Å². The normalized spacial score (nSPS) is 10.8. The minimum absolute atomic E-state index is 0.137. The van der Waals surface area contributed by atoms with Crippen LogP contribution in [0, 0.1) is 0 Å². The number of thioether (sulfide) groups is 1. The SMILES string of the molecule is O=C(CSc1nnc(-c2ccc(Cl)cc2)o1)NCc1nc(-c2ccncc2)cs1. The van der Waals surface area contributed by atoms with Gasteiger partial charge in [-0.15, -0.1) is 21.5 Å². The van der Waals surface area contributed by atoms with Crippen LogP contribution in [-0.2, 0) is 11.3 Å². The second-order valence-corrected chi connectivity index (χ2v) is 8.11. The number of aromatic nitrogens is 4. The molecule has 0 saturated heterocycles. The van der Waals surface area contributed by atoms with E-state index >= 15 is 0 Å². The average molecular weight is 444 g/mol. The minimum atomic E-state index is -0.137. The first kappa shape index (κ1) is 19.6. The second kappa shape index (κ2) is 9.17. The largest absolute Gasteiger partial charge is 0.411 e. The summed E-state index contributed by atoms with van der Waals surface area (Å²) in [5.41, 5.74) is 2.64. The van der Waals surface area contributed by atoms with E-state index in [9.17, 15) is 4.79 Å². The lowest BCUT2D eigenvalue weighted by Gasteiger charge is -2.01. The van der Waals surface area contributed by atoms with Crippen LogP contribution in [0.15, 0.2) is 63.8 Å². The maximum atomic E-state index is 12.1. The topological polar surface area (TPSA) is 93.8 Å². The van der Waals surface area contributed by atoms with Crippen LogP contribution in [0.5, 0.6) is 0 Å². The van der Waals surface area contributed by atoms with E-state index in [2.05, 4.69) is 25.5 Å². The van der Waals surface area contributed by atoms with E-state index in [-0.39, 0.29) is 11.7 Å². The highest BCUT2D eigenvalue weighted by Crippen LogP contribution is 2.24. The van der Waals surface area contributed by atoms with Crippen molar-refractivity contribution < 1.29 is 9.21 Å². The number of benzene rings is 1. The van der Waals surface area contributed by atoms with Gasteiger partial charge in [0, 0.05) is 33.9 Å². The smallest absolute Gasteiger partial charge is 0.277 e. The third-order valence-corrected chi connectivity index (χ3v) is 5.71. The molecule has 0 unspecified atom stereocenters. The zero-order valence-electron chi connectivity index (χ0n) is 14.9. The summed E-state index contributed by atoms with van der Waals surface area (Å²) < 4.78 is 5.58. The molecular formula is C19H14ClN5O2S2. The molecule has 0 aliphatic rings. The molecule has 29 heavy (non-hydrogen) atoms. The van der Waals surface area contributed by atoms with Gasteiger partial charge in [0.1, 0.15) is 5.01 Å². The van der Waals surface area contributed by atoms with Crippen LogP contribution in [0.4, 0.5) is 0 Å². The van der Waals surface area contributed by atoms with Crippen LogP contribution in [0.25, 0.3) is 22.7 Å². The molecule has 4 rings (SSSR count). The number of hydrogen-bond acceptors (Lipinski definition) is 8. The van der Waals surface area contributed by atoms with Crippen LogP contribution in [-0.4, -0.2) is 31.8 Å². The number of nitrogens with one attached hydrogen (secondary N) is 1. The number of halogens is 1. The minimum Gasteiger partial charge on any atom is -0.411 e. The fraction of sp³-hybridized carbons (Fsp3) is 0.105. The van der Waals surface area contributed by atoms with Crippen molar-refractivity contribution in [3.8, 4) is 22.7 Å². The van der Waals surface area contributed by atoms with E-state index in [1.165, 1.54) is 23.1 Å². The fourth-order valence-electron chi connectivity index (χ4n) is 2.38. The van der Waals surface area contributed by atoms with Crippen molar-refractivity contribution in [1.29, 1.82) is 0 Å². The van der Waals surface area contributed by atoms with Gasteiger partial charge in [0.05, 0.1) is 18.0 Å². The van der Waals surface area contributed by atoms with Crippen LogP contribution >= 0.6 is 34.7 Å². The molecule has 0 aliphatic heterocycles. The summed E-state index contributed by atoms with van der Waals surface area (Å²) >= 11 is 8.56. The van der Waals surface area contributed by atoms with Gasteiger partial charge in [-0.05, 0) is 36.4 Å².